The molecule has 6 heteroatoms. The molecule has 0 unspecified atom stereocenters. The zero-order valence-electron chi connectivity index (χ0n) is 17.1. The second-order valence-corrected chi connectivity index (χ2v) is 7.47. The highest BCUT2D eigenvalue weighted by atomic mass is 16.4. The molecule has 0 bridgehead atoms. The molecular formula is C21H40N2O4. The van der Waals surface area contributed by atoms with Crippen molar-refractivity contribution >= 4 is 17.8 Å². The highest BCUT2D eigenvalue weighted by Gasteiger charge is 2.21. The molecule has 6 nitrogen and oxygen atoms in total. The van der Waals surface area contributed by atoms with E-state index in [1.54, 1.807) is 0 Å². The molecule has 0 saturated heterocycles. The van der Waals surface area contributed by atoms with Crippen molar-refractivity contribution in [1.82, 2.24) is 5.32 Å². The maximum Gasteiger partial charge on any atom is 0.326 e. The van der Waals surface area contributed by atoms with E-state index in [0.717, 1.165) is 19.3 Å². The molecule has 0 aromatic carbocycles. The summed E-state index contributed by atoms with van der Waals surface area (Å²) in [6.45, 7) is 2.25. The summed E-state index contributed by atoms with van der Waals surface area (Å²) in [6, 6.07) is -1.22. The quantitative estimate of drug-likeness (QED) is 0.288. The number of unbranched alkanes of at least 4 members (excludes halogenated alkanes) is 13. The number of carbonyl (C=O) groups excluding carboxylic acids is 2. The summed E-state index contributed by atoms with van der Waals surface area (Å²) in [4.78, 5) is 33.5. The third kappa shape index (κ3) is 17.6. The number of nitrogens with one attached hydrogen (secondary N) is 1. The van der Waals surface area contributed by atoms with Gasteiger partial charge in [-0.3, -0.25) is 9.59 Å². The van der Waals surface area contributed by atoms with E-state index in [9.17, 15) is 14.4 Å². The zero-order chi connectivity index (χ0) is 20.3. The SMILES string of the molecule is CCCCCCCCCCCCCCCCC(=O)N[C@@H](CC(N)=O)C(=O)O. The summed E-state index contributed by atoms with van der Waals surface area (Å²) in [6.07, 6.45) is 17.3. The van der Waals surface area contributed by atoms with Crippen LogP contribution in [0.4, 0.5) is 0 Å². The molecule has 0 aliphatic carbocycles. The van der Waals surface area contributed by atoms with Crippen LogP contribution in [0.5, 0.6) is 0 Å². The summed E-state index contributed by atoms with van der Waals surface area (Å²) >= 11 is 0. The van der Waals surface area contributed by atoms with Crippen molar-refractivity contribution in [3.05, 3.63) is 0 Å². The molecule has 0 rings (SSSR count). The van der Waals surface area contributed by atoms with E-state index in [1.165, 1.54) is 70.6 Å². The van der Waals surface area contributed by atoms with E-state index >= 15 is 0 Å². The number of nitrogens with two attached hydrogens (primary N) is 1. The molecule has 0 heterocycles. The van der Waals surface area contributed by atoms with Gasteiger partial charge in [0.15, 0.2) is 0 Å². The van der Waals surface area contributed by atoms with Gasteiger partial charge in [-0.1, -0.05) is 90.4 Å². The summed E-state index contributed by atoms with van der Waals surface area (Å²) < 4.78 is 0. The van der Waals surface area contributed by atoms with Crippen molar-refractivity contribution in [3.8, 4) is 0 Å². The Morgan fingerprint density at radius 1 is 0.778 bits per heavy atom. The molecule has 1 atom stereocenters. The van der Waals surface area contributed by atoms with Crippen LogP contribution in [-0.4, -0.2) is 28.9 Å². The van der Waals surface area contributed by atoms with Crippen LogP contribution in [0.25, 0.3) is 0 Å². The van der Waals surface area contributed by atoms with E-state index in [-0.39, 0.29) is 12.3 Å². The number of rotatable bonds is 19. The number of carboxylic acid groups (broad SMARTS) is 1. The molecule has 0 aliphatic heterocycles. The Labute approximate surface area is 164 Å². The average molecular weight is 385 g/mol. The first-order chi connectivity index (χ1) is 13.0. The lowest BCUT2D eigenvalue weighted by Gasteiger charge is -2.12. The molecule has 0 aromatic rings. The first-order valence-corrected chi connectivity index (χ1v) is 10.8. The Balaban J connectivity index is 3.44. The van der Waals surface area contributed by atoms with Gasteiger partial charge in [0.05, 0.1) is 6.42 Å². The van der Waals surface area contributed by atoms with E-state index in [2.05, 4.69) is 12.2 Å². The van der Waals surface area contributed by atoms with Gasteiger partial charge in [-0.25, -0.2) is 4.79 Å². The Kier molecular flexibility index (Phi) is 16.8. The molecule has 0 radical (unpaired) electrons. The molecule has 0 aliphatic rings. The molecule has 0 aromatic heterocycles. The summed E-state index contributed by atoms with van der Waals surface area (Å²) in [5, 5.41) is 11.3. The number of aliphatic carboxylic acids is 1. The van der Waals surface area contributed by atoms with Crippen molar-refractivity contribution in [2.45, 2.75) is 116 Å². The molecular weight excluding hydrogens is 344 g/mol. The molecule has 0 saturated carbocycles. The van der Waals surface area contributed by atoms with Crippen LogP contribution in [0.2, 0.25) is 0 Å². The highest BCUT2D eigenvalue weighted by Crippen LogP contribution is 2.13. The first-order valence-electron chi connectivity index (χ1n) is 10.8. The lowest BCUT2D eigenvalue weighted by molar-refractivity contribution is -0.143. The second kappa shape index (κ2) is 17.8. The predicted octanol–water partition coefficient (Wildman–Crippen LogP) is 4.30. The lowest BCUT2D eigenvalue weighted by atomic mass is 10.0. The minimum Gasteiger partial charge on any atom is -0.480 e. The molecule has 0 spiro atoms. The first kappa shape index (κ1) is 25.4. The fourth-order valence-electron chi connectivity index (χ4n) is 3.15. The van der Waals surface area contributed by atoms with E-state index in [4.69, 9.17) is 10.8 Å². The van der Waals surface area contributed by atoms with Crippen LogP contribution in [0.3, 0.4) is 0 Å². The average Bonchev–Trinajstić information content (AvgIpc) is 2.61. The number of hydrogen-bond donors (Lipinski definition) is 3. The third-order valence-electron chi connectivity index (χ3n) is 4.80. The Bertz CT molecular complexity index is 413. The van der Waals surface area contributed by atoms with Gasteiger partial charge in [0.1, 0.15) is 6.04 Å². The van der Waals surface area contributed by atoms with Gasteiger partial charge < -0.3 is 16.2 Å². The van der Waals surface area contributed by atoms with Crippen molar-refractivity contribution < 1.29 is 19.5 Å². The van der Waals surface area contributed by atoms with E-state index < -0.39 is 17.9 Å². The van der Waals surface area contributed by atoms with Crippen molar-refractivity contribution in [3.63, 3.8) is 0 Å². The van der Waals surface area contributed by atoms with Gasteiger partial charge in [0, 0.05) is 6.42 Å². The van der Waals surface area contributed by atoms with Gasteiger partial charge in [0.2, 0.25) is 11.8 Å². The summed E-state index contributed by atoms with van der Waals surface area (Å²) in [5.74, 6) is -2.30. The van der Waals surface area contributed by atoms with Gasteiger partial charge in [-0.15, -0.1) is 0 Å². The summed E-state index contributed by atoms with van der Waals surface area (Å²) in [7, 11) is 0. The van der Waals surface area contributed by atoms with Gasteiger partial charge in [-0.2, -0.15) is 0 Å². The highest BCUT2D eigenvalue weighted by molar-refractivity contribution is 5.88. The Morgan fingerprint density at radius 3 is 1.56 bits per heavy atom. The van der Waals surface area contributed by atoms with Crippen LogP contribution in [0.15, 0.2) is 0 Å². The number of hydrogen-bond acceptors (Lipinski definition) is 3. The van der Waals surface area contributed by atoms with E-state index in [1.807, 2.05) is 0 Å². The number of amides is 2. The monoisotopic (exact) mass is 384 g/mol. The number of carbonyl (C=O) groups is 3. The molecule has 27 heavy (non-hydrogen) atoms. The number of primary amides is 1. The topological polar surface area (TPSA) is 109 Å². The predicted molar refractivity (Wildman–Crippen MR) is 108 cm³/mol. The van der Waals surface area contributed by atoms with Gasteiger partial charge >= 0.3 is 5.97 Å². The molecule has 4 N–H and O–H groups in total. The normalized spacial score (nSPS) is 11.9. The standard InChI is InChI=1S/C21H40N2O4/c1-2-3-4-5-6-7-8-9-10-11-12-13-14-15-16-20(25)23-18(21(26)27)17-19(22)24/h18H,2-17H2,1H3,(H2,22,24)(H,23,25)(H,26,27)/t18-/m0/s1. The molecule has 2 amide bonds. The largest absolute Gasteiger partial charge is 0.480 e. The fraction of sp³-hybridized carbons (Fsp3) is 0.857. The molecule has 0 fully saturated rings. The fourth-order valence-corrected chi connectivity index (χ4v) is 3.15. The maximum atomic E-state index is 11.7. The smallest absolute Gasteiger partial charge is 0.326 e. The summed E-state index contributed by atoms with van der Waals surface area (Å²) in [5.41, 5.74) is 4.98. The zero-order valence-corrected chi connectivity index (χ0v) is 17.1. The van der Waals surface area contributed by atoms with Crippen molar-refractivity contribution in [1.29, 1.82) is 0 Å². The third-order valence-corrected chi connectivity index (χ3v) is 4.80. The lowest BCUT2D eigenvalue weighted by Crippen LogP contribution is -2.43. The van der Waals surface area contributed by atoms with Crippen LogP contribution >= 0.6 is 0 Å². The maximum absolute atomic E-state index is 11.7. The second-order valence-electron chi connectivity index (χ2n) is 7.47. The van der Waals surface area contributed by atoms with Crippen LogP contribution in [-0.2, 0) is 14.4 Å². The number of carboxylic acids is 1. The van der Waals surface area contributed by atoms with Crippen molar-refractivity contribution in [2.24, 2.45) is 5.73 Å². The van der Waals surface area contributed by atoms with Crippen molar-refractivity contribution in [2.75, 3.05) is 0 Å². The van der Waals surface area contributed by atoms with Gasteiger partial charge in [0.25, 0.3) is 0 Å². The van der Waals surface area contributed by atoms with Crippen LogP contribution in [0, 0.1) is 0 Å². The van der Waals surface area contributed by atoms with Crippen LogP contribution in [0.1, 0.15) is 110 Å². The Morgan fingerprint density at radius 2 is 1.19 bits per heavy atom. The molecule has 158 valence electrons. The van der Waals surface area contributed by atoms with E-state index in [0.29, 0.717) is 6.42 Å². The minimum absolute atomic E-state index is 0.292. The van der Waals surface area contributed by atoms with Gasteiger partial charge in [-0.05, 0) is 6.42 Å². The minimum atomic E-state index is -1.23. The van der Waals surface area contributed by atoms with Crippen LogP contribution < -0.4 is 11.1 Å². The Hall–Kier alpha value is -1.59.